The molecule has 0 spiro atoms. The summed E-state index contributed by atoms with van der Waals surface area (Å²) in [6.45, 7) is 1.84. The topological polar surface area (TPSA) is 102 Å². The molecule has 1 unspecified atom stereocenters. The van der Waals surface area contributed by atoms with Crippen molar-refractivity contribution in [3.8, 4) is 0 Å². The molecule has 7 nitrogen and oxygen atoms in total. The van der Waals surface area contributed by atoms with Crippen LogP contribution in [0.15, 0.2) is 29.2 Å². The van der Waals surface area contributed by atoms with Gasteiger partial charge in [-0.2, -0.15) is 4.72 Å². The zero-order chi connectivity index (χ0) is 16.8. The number of carbonyl (C=O) groups is 2. The van der Waals surface area contributed by atoms with Crippen molar-refractivity contribution in [1.29, 1.82) is 0 Å². The fourth-order valence-electron chi connectivity index (χ4n) is 1.74. The Hall–Kier alpha value is -1.93. The zero-order valence-electron chi connectivity index (χ0n) is 12.8. The Morgan fingerprint density at radius 3 is 2.32 bits per heavy atom. The number of methoxy groups -OCH3 is 1. The highest BCUT2D eigenvalue weighted by atomic mass is 32.2. The number of aryl methyl sites for hydroxylation is 1. The van der Waals surface area contributed by atoms with Crippen LogP contribution in [0.5, 0.6) is 0 Å². The molecular weight excluding hydrogens is 308 g/mol. The smallest absolute Gasteiger partial charge is 0.323 e. The van der Waals surface area contributed by atoms with Crippen LogP contribution >= 0.6 is 0 Å². The minimum atomic E-state index is -3.87. The lowest BCUT2D eigenvalue weighted by Gasteiger charge is -2.16. The van der Waals surface area contributed by atoms with Crippen molar-refractivity contribution in [3.05, 3.63) is 29.8 Å². The molecule has 2 N–H and O–H groups in total. The number of esters is 1. The number of nitrogens with one attached hydrogen (secondary N) is 2. The van der Waals surface area contributed by atoms with E-state index in [1.165, 1.54) is 19.2 Å². The molecule has 1 amide bonds. The average Bonchev–Trinajstić information content (AvgIpc) is 2.50. The van der Waals surface area contributed by atoms with Gasteiger partial charge in [-0.3, -0.25) is 9.59 Å². The predicted octanol–water partition coefficient (Wildman–Crippen LogP) is 0.341. The molecule has 0 bridgehead atoms. The SMILES string of the molecule is CNC(=O)CCC(NS(=O)(=O)c1ccc(C)cc1)C(=O)OC. The quantitative estimate of drug-likeness (QED) is 0.703. The molecular formula is C14H20N2O5S. The van der Waals surface area contributed by atoms with Gasteiger partial charge in [-0.25, -0.2) is 8.42 Å². The molecule has 8 heteroatoms. The van der Waals surface area contributed by atoms with E-state index >= 15 is 0 Å². The van der Waals surface area contributed by atoms with Crippen molar-refractivity contribution in [2.24, 2.45) is 0 Å². The zero-order valence-corrected chi connectivity index (χ0v) is 13.6. The van der Waals surface area contributed by atoms with Gasteiger partial charge < -0.3 is 10.1 Å². The summed E-state index contributed by atoms with van der Waals surface area (Å²) in [5.74, 6) is -1.02. The van der Waals surface area contributed by atoms with Crippen LogP contribution in [-0.2, 0) is 24.3 Å². The lowest BCUT2D eigenvalue weighted by molar-refractivity contribution is -0.142. The van der Waals surface area contributed by atoms with Crippen LogP contribution in [-0.4, -0.2) is 40.5 Å². The second-order valence-electron chi connectivity index (χ2n) is 4.72. The molecule has 0 saturated carbocycles. The number of carbonyl (C=O) groups excluding carboxylic acids is 2. The highest BCUT2D eigenvalue weighted by Gasteiger charge is 2.26. The van der Waals surface area contributed by atoms with Crippen LogP contribution in [0.2, 0.25) is 0 Å². The molecule has 1 atom stereocenters. The Morgan fingerprint density at radius 2 is 1.82 bits per heavy atom. The molecule has 0 aliphatic rings. The predicted molar refractivity (Wildman–Crippen MR) is 80.6 cm³/mol. The van der Waals surface area contributed by atoms with Gasteiger partial charge in [0, 0.05) is 13.5 Å². The maximum atomic E-state index is 12.3. The van der Waals surface area contributed by atoms with Crippen molar-refractivity contribution in [3.63, 3.8) is 0 Å². The number of sulfonamides is 1. The van der Waals surface area contributed by atoms with Crippen LogP contribution in [0.25, 0.3) is 0 Å². The van der Waals surface area contributed by atoms with Gasteiger partial charge in [0.05, 0.1) is 12.0 Å². The van der Waals surface area contributed by atoms with E-state index < -0.39 is 22.0 Å². The van der Waals surface area contributed by atoms with Crippen molar-refractivity contribution < 1.29 is 22.7 Å². The van der Waals surface area contributed by atoms with E-state index in [2.05, 4.69) is 14.8 Å². The summed E-state index contributed by atoms with van der Waals surface area (Å²) in [5.41, 5.74) is 0.920. The van der Waals surface area contributed by atoms with Crippen molar-refractivity contribution >= 4 is 21.9 Å². The number of ether oxygens (including phenoxy) is 1. The molecule has 1 rings (SSSR count). The summed E-state index contributed by atoms with van der Waals surface area (Å²) in [6.07, 6.45) is 0.0180. The monoisotopic (exact) mass is 328 g/mol. The minimum absolute atomic E-state index is 0.00663. The van der Waals surface area contributed by atoms with Crippen LogP contribution in [0, 0.1) is 6.92 Å². The summed E-state index contributed by atoms with van der Waals surface area (Å²) >= 11 is 0. The third-order valence-electron chi connectivity index (χ3n) is 3.05. The molecule has 0 fully saturated rings. The van der Waals surface area contributed by atoms with Gasteiger partial charge in [-0.15, -0.1) is 0 Å². The van der Waals surface area contributed by atoms with Crippen LogP contribution < -0.4 is 10.0 Å². The Bertz CT molecular complexity index is 625. The third kappa shape index (κ3) is 5.12. The summed E-state index contributed by atoms with van der Waals surface area (Å²) in [7, 11) is -1.24. The Balaban J connectivity index is 2.89. The fourth-order valence-corrected chi connectivity index (χ4v) is 2.96. The Labute approximate surface area is 130 Å². The van der Waals surface area contributed by atoms with Gasteiger partial charge in [-0.05, 0) is 25.5 Å². The van der Waals surface area contributed by atoms with E-state index in [-0.39, 0.29) is 23.6 Å². The lowest BCUT2D eigenvalue weighted by Crippen LogP contribution is -2.42. The summed E-state index contributed by atoms with van der Waals surface area (Å²) < 4.78 is 31.4. The van der Waals surface area contributed by atoms with Crippen molar-refractivity contribution in [2.75, 3.05) is 14.2 Å². The molecule has 0 aliphatic carbocycles. The highest BCUT2D eigenvalue weighted by Crippen LogP contribution is 2.12. The van der Waals surface area contributed by atoms with Gasteiger partial charge >= 0.3 is 5.97 Å². The molecule has 1 aromatic carbocycles. The molecule has 22 heavy (non-hydrogen) atoms. The lowest BCUT2D eigenvalue weighted by atomic mass is 10.1. The molecule has 122 valence electrons. The second-order valence-corrected chi connectivity index (χ2v) is 6.44. The number of rotatable bonds is 7. The second kappa shape index (κ2) is 7.90. The highest BCUT2D eigenvalue weighted by molar-refractivity contribution is 7.89. The normalized spacial score (nSPS) is 12.5. The first-order chi connectivity index (χ1) is 10.3. The van der Waals surface area contributed by atoms with E-state index in [1.807, 2.05) is 6.92 Å². The van der Waals surface area contributed by atoms with Gasteiger partial charge in [-0.1, -0.05) is 17.7 Å². The summed E-state index contributed by atoms with van der Waals surface area (Å²) in [6, 6.07) is 5.10. The van der Waals surface area contributed by atoms with E-state index in [4.69, 9.17) is 0 Å². The Kier molecular flexibility index (Phi) is 6.51. The molecule has 1 aromatic rings. The maximum Gasteiger partial charge on any atom is 0.323 e. The molecule has 0 aromatic heterocycles. The minimum Gasteiger partial charge on any atom is -0.468 e. The molecule has 0 aliphatic heterocycles. The van der Waals surface area contributed by atoms with Crippen molar-refractivity contribution in [1.82, 2.24) is 10.0 Å². The fraction of sp³-hybridized carbons (Fsp3) is 0.429. The number of benzene rings is 1. The average molecular weight is 328 g/mol. The standard InChI is InChI=1S/C14H20N2O5S/c1-10-4-6-11(7-5-10)22(19,20)16-12(14(18)21-3)8-9-13(17)15-2/h4-7,12,16H,8-9H2,1-3H3,(H,15,17). The van der Waals surface area contributed by atoms with E-state index in [0.717, 1.165) is 12.7 Å². The van der Waals surface area contributed by atoms with Crippen LogP contribution in [0.3, 0.4) is 0 Å². The largest absolute Gasteiger partial charge is 0.468 e. The van der Waals surface area contributed by atoms with E-state index in [1.54, 1.807) is 12.1 Å². The van der Waals surface area contributed by atoms with Crippen LogP contribution in [0.1, 0.15) is 18.4 Å². The molecule has 0 heterocycles. The first-order valence-corrected chi connectivity index (χ1v) is 8.16. The Morgan fingerprint density at radius 1 is 1.23 bits per heavy atom. The van der Waals surface area contributed by atoms with Gasteiger partial charge in [0.2, 0.25) is 15.9 Å². The number of hydrogen-bond donors (Lipinski definition) is 2. The first-order valence-electron chi connectivity index (χ1n) is 6.67. The van der Waals surface area contributed by atoms with Gasteiger partial charge in [0.25, 0.3) is 0 Å². The molecule has 0 saturated heterocycles. The summed E-state index contributed by atoms with van der Waals surface area (Å²) in [5, 5.41) is 2.41. The third-order valence-corrected chi connectivity index (χ3v) is 4.54. The van der Waals surface area contributed by atoms with Crippen molar-refractivity contribution in [2.45, 2.75) is 30.7 Å². The van der Waals surface area contributed by atoms with E-state index in [0.29, 0.717) is 0 Å². The van der Waals surface area contributed by atoms with E-state index in [9.17, 15) is 18.0 Å². The van der Waals surface area contributed by atoms with Gasteiger partial charge in [0.15, 0.2) is 0 Å². The summed E-state index contributed by atoms with van der Waals surface area (Å²) in [4.78, 5) is 23.0. The maximum absolute atomic E-state index is 12.3. The number of hydrogen-bond acceptors (Lipinski definition) is 5. The number of amides is 1. The van der Waals surface area contributed by atoms with Gasteiger partial charge in [0.1, 0.15) is 6.04 Å². The first kappa shape index (κ1) is 18.1. The molecule has 0 radical (unpaired) electrons. The van der Waals surface area contributed by atoms with Crippen LogP contribution in [0.4, 0.5) is 0 Å².